The monoisotopic (exact) mass is 249 g/mol. The van der Waals surface area contributed by atoms with Gasteiger partial charge < -0.3 is 4.90 Å². The van der Waals surface area contributed by atoms with Gasteiger partial charge in [-0.15, -0.1) is 0 Å². The number of allylic oxidation sites excluding steroid dienone is 1. The second-order valence-corrected chi connectivity index (χ2v) is 6.50. The normalized spacial score (nSPS) is 19.9. The molecule has 0 spiro atoms. The van der Waals surface area contributed by atoms with E-state index in [2.05, 4.69) is 4.90 Å². The first-order valence-corrected chi connectivity index (χ1v) is 7.45. The average Bonchev–Trinajstić information content (AvgIpc) is 2.91. The van der Waals surface area contributed by atoms with Gasteiger partial charge in [0.25, 0.3) is 0 Å². The third-order valence-electron chi connectivity index (χ3n) is 3.53. The number of hydrogen-bond acceptors (Lipinski definition) is 3. The van der Waals surface area contributed by atoms with Crippen LogP contribution in [0.2, 0.25) is 0 Å². The highest BCUT2D eigenvalue weighted by Crippen LogP contribution is 2.37. The van der Waals surface area contributed by atoms with Crippen LogP contribution >= 0.6 is 0 Å². The predicted molar refractivity (Wildman–Crippen MR) is 66.1 cm³/mol. The van der Waals surface area contributed by atoms with Crippen LogP contribution in [0.1, 0.15) is 19.3 Å². The maximum absolute atomic E-state index is 12.5. The van der Waals surface area contributed by atoms with E-state index in [0.717, 1.165) is 31.6 Å². The van der Waals surface area contributed by atoms with Gasteiger partial charge in [-0.3, -0.25) is 0 Å². The number of benzene rings is 1. The zero-order valence-electron chi connectivity index (χ0n) is 9.59. The number of fused-ring (bicyclic) bond motifs is 1. The molecule has 17 heavy (non-hydrogen) atoms. The molecule has 0 atom stereocenters. The number of sulfone groups is 1. The van der Waals surface area contributed by atoms with Gasteiger partial charge in [0.1, 0.15) is 0 Å². The summed E-state index contributed by atoms with van der Waals surface area (Å²) in [6.07, 6.45) is 2.68. The van der Waals surface area contributed by atoms with Crippen molar-refractivity contribution in [2.75, 3.05) is 13.1 Å². The molecule has 1 aromatic rings. The van der Waals surface area contributed by atoms with E-state index < -0.39 is 9.84 Å². The molecule has 0 saturated carbocycles. The van der Waals surface area contributed by atoms with E-state index in [1.807, 2.05) is 6.07 Å². The minimum Gasteiger partial charge on any atom is -0.374 e. The van der Waals surface area contributed by atoms with E-state index in [9.17, 15) is 8.42 Å². The molecule has 2 aliphatic rings. The van der Waals surface area contributed by atoms with Crippen LogP contribution in [0, 0.1) is 0 Å². The fourth-order valence-corrected chi connectivity index (χ4v) is 4.41. The van der Waals surface area contributed by atoms with Crippen molar-refractivity contribution in [3.05, 3.63) is 40.9 Å². The molecule has 0 bridgehead atoms. The Morgan fingerprint density at radius 3 is 2.53 bits per heavy atom. The molecule has 1 fully saturated rings. The fourth-order valence-electron chi connectivity index (χ4n) is 2.71. The van der Waals surface area contributed by atoms with Gasteiger partial charge in [0.05, 0.1) is 9.80 Å². The van der Waals surface area contributed by atoms with E-state index in [1.54, 1.807) is 24.3 Å². The molecule has 3 rings (SSSR count). The summed E-state index contributed by atoms with van der Waals surface area (Å²) in [4.78, 5) is 3.30. The summed E-state index contributed by atoms with van der Waals surface area (Å²) in [6.45, 7) is 1.89. The lowest BCUT2D eigenvalue weighted by Gasteiger charge is -2.11. The van der Waals surface area contributed by atoms with Crippen molar-refractivity contribution in [1.29, 1.82) is 0 Å². The first-order chi connectivity index (χ1) is 8.19. The molecule has 0 aliphatic carbocycles. The van der Waals surface area contributed by atoms with Crippen LogP contribution < -0.4 is 0 Å². The van der Waals surface area contributed by atoms with Crippen molar-refractivity contribution in [3.63, 3.8) is 0 Å². The van der Waals surface area contributed by atoms with E-state index in [4.69, 9.17) is 0 Å². The fraction of sp³-hybridized carbons (Fsp3) is 0.385. The zero-order chi connectivity index (χ0) is 11.9. The lowest BCUT2D eigenvalue weighted by Crippen LogP contribution is -2.13. The van der Waals surface area contributed by atoms with Crippen LogP contribution in [0.5, 0.6) is 0 Å². The van der Waals surface area contributed by atoms with Crippen molar-refractivity contribution in [1.82, 2.24) is 4.90 Å². The molecule has 4 heteroatoms. The van der Waals surface area contributed by atoms with Crippen molar-refractivity contribution >= 4 is 9.84 Å². The summed E-state index contributed by atoms with van der Waals surface area (Å²) in [7, 11) is -3.25. The minimum atomic E-state index is -3.25. The van der Waals surface area contributed by atoms with Gasteiger partial charge in [0, 0.05) is 25.2 Å². The number of nitrogens with zero attached hydrogens (tertiary/aromatic N) is 1. The molecule has 1 aromatic carbocycles. The van der Waals surface area contributed by atoms with Gasteiger partial charge in [-0.25, -0.2) is 8.42 Å². The molecule has 90 valence electrons. The molecule has 0 radical (unpaired) electrons. The summed E-state index contributed by atoms with van der Waals surface area (Å²) in [5, 5.41) is 0. The van der Waals surface area contributed by atoms with E-state index in [0.29, 0.717) is 16.2 Å². The summed E-state index contributed by atoms with van der Waals surface area (Å²) >= 11 is 0. The maximum Gasteiger partial charge on any atom is 0.204 e. The predicted octanol–water partition coefficient (Wildman–Crippen LogP) is 2.17. The lowest BCUT2D eigenvalue weighted by molar-refractivity contribution is 0.428. The van der Waals surface area contributed by atoms with Gasteiger partial charge in [0.15, 0.2) is 0 Å². The van der Waals surface area contributed by atoms with E-state index in [-0.39, 0.29) is 0 Å². The number of rotatable bonds is 2. The van der Waals surface area contributed by atoms with E-state index in [1.165, 1.54) is 0 Å². The van der Waals surface area contributed by atoms with Gasteiger partial charge in [-0.2, -0.15) is 0 Å². The molecule has 1 saturated heterocycles. The largest absolute Gasteiger partial charge is 0.374 e. The second-order valence-electron chi connectivity index (χ2n) is 4.53. The molecule has 0 amide bonds. The molecule has 2 aliphatic heterocycles. The maximum atomic E-state index is 12.5. The second kappa shape index (κ2) is 3.88. The topological polar surface area (TPSA) is 37.4 Å². The molecule has 0 aromatic heterocycles. The van der Waals surface area contributed by atoms with Crippen molar-refractivity contribution < 1.29 is 8.42 Å². The lowest BCUT2D eigenvalue weighted by atomic mass is 10.3. The quantitative estimate of drug-likeness (QED) is 0.806. The first-order valence-electron chi connectivity index (χ1n) is 5.97. The molecular formula is C13H15NO2S. The molecule has 0 unspecified atom stereocenters. The van der Waals surface area contributed by atoms with Gasteiger partial charge in [-0.1, -0.05) is 18.2 Å². The highest BCUT2D eigenvalue weighted by atomic mass is 32.2. The highest BCUT2D eigenvalue weighted by Gasteiger charge is 2.33. The van der Waals surface area contributed by atoms with Crippen LogP contribution in [0.4, 0.5) is 0 Å². The molecule has 3 nitrogen and oxygen atoms in total. The first kappa shape index (κ1) is 10.8. The highest BCUT2D eigenvalue weighted by molar-refractivity contribution is 7.95. The number of hydrogen-bond donors (Lipinski definition) is 0. The minimum absolute atomic E-state index is 0.427. The van der Waals surface area contributed by atoms with Gasteiger partial charge in [0.2, 0.25) is 9.84 Å². The van der Waals surface area contributed by atoms with Crippen LogP contribution in [0.25, 0.3) is 0 Å². The average molecular weight is 249 g/mol. The van der Waals surface area contributed by atoms with Crippen molar-refractivity contribution in [3.8, 4) is 0 Å². The van der Waals surface area contributed by atoms with Crippen molar-refractivity contribution in [2.24, 2.45) is 0 Å². The van der Waals surface area contributed by atoms with Crippen LogP contribution in [-0.2, 0) is 9.84 Å². The van der Waals surface area contributed by atoms with Crippen LogP contribution in [-0.4, -0.2) is 26.4 Å². The Bertz CT molecular complexity index is 560. The Kier molecular flexibility index (Phi) is 2.47. The Balaban J connectivity index is 2.08. The molecule has 2 heterocycles. The van der Waals surface area contributed by atoms with Crippen molar-refractivity contribution in [2.45, 2.75) is 24.2 Å². The Morgan fingerprint density at radius 1 is 1.00 bits per heavy atom. The summed E-state index contributed by atoms with van der Waals surface area (Å²) in [6, 6.07) is 8.76. The summed E-state index contributed by atoms with van der Waals surface area (Å²) in [5.41, 5.74) is 1.06. The Labute approximate surface area is 102 Å². The third kappa shape index (κ3) is 1.67. The standard InChI is InChI=1S/C13H15NO2S/c15-17(16,11-5-2-1-3-6-11)13-8-10-14-9-4-7-12(13)14/h1-3,5-6H,4,7-10H2. The Hall–Kier alpha value is -1.29. The van der Waals surface area contributed by atoms with E-state index >= 15 is 0 Å². The van der Waals surface area contributed by atoms with Crippen LogP contribution in [0.15, 0.2) is 45.8 Å². The molecular weight excluding hydrogens is 234 g/mol. The third-order valence-corrected chi connectivity index (χ3v) is 5.51. The van der Waals surface area contributed by atoms with Gasteiger partial charge >= 0.3 is 0 Å². The summed E-state index contributed by atoms with van der Waals surface area (Å²) < 4.78 is 25.0. The van der Waals surface area contributed by atoms with Gasteiger partial charge in [-0.05, 0) is 25.0 Å². The molecule has 0 N–H and O–H groups in total. The Morgan fingerprint density at radius 2 is 1.76 bits per heavy atom. The SMILES string of the molecule is O=S(=O)(C1=C2CCCN2CC1)c1ccccc1. The zero-order valence-corrected chi connectivity index (χ0v) is 10.4. The smallest absolute Gasteiger partial charge is 0.204 e. The van der Waals surface area contributed by atoms with Crippen LogP contribution in [0.3, 0.4) is 0 Å². The summed E-state index contributed by atoms with van der Waals surface area (Å²) in [5.74, 6) is 0.